The van der Waals surface area contributed by atoms with E-state index in [1.165, 1.54) is 22.2 Å². The number of hydrogen-bond acceptors (Lipinski definition) is 2. The number of aryl methyl sites for hydroxylation is 2. The molecule has 0 N–H and O–H groups in total. The Morgan fingerprint density at radius 1 is 1.38 bits per heavy atom. The number of nitrogens with zero attached hydrogens (tertiary/aromatic N) is 2. The minimum Gasteiger partial charge on any atom is -0.348 e. The minimum atomic E-state index is 0.410. The van der Waals surface area contributed by atoms with Crippen LogP contribution in [0.1, 0.15) is 16.8 Å². The van der Waals surface area contributed by atoms with E-state index < -0.39 is 0 Å². The van der Waals surface area contributed by atoms with Gasteiger partial charge in [-0.15, -0.1) is 0 Å². The van der Waals surface area contributed by atoms with Crippen molar-refractivity contribution >= 4 is 17.0 Å². The highest BCUT2D eigenvalue weighted by Gasteiger charge is 2.08. The van der Waals surface area contributed by atoms with Crippen LogP contribution in [0.25, 0.3) is 10.9 Å². The Kier molecular flexibility index (Phi) is 2.63. The van der Waals surface area contributed by atoms with E-state index in [4.69, 9.17) is 0 Å². The minimum absolute atomic E-state index is 0.410. The van der Waals surface area contributed by atoms with Gasteiger partial charge in [0.05, 0.1) is 6.54 Å². The van der Waals surface area contributed by atoms with Gasteiger partial charge in [0.15, 0.2) is 0 Å². The van der Waals surface area contributed by atoms with Crippen molar-refractivity contribution in [1.29, 1.82) is 0 Å². The summed E-state index contributed by atoms with van der Waals surface area (Å²) in [6.07, 6.45) is 1.57. The van der Waals surface area contributed by atoms with Crippen molar-refractivity contribution in [3.05, 3.63) is 35.0 Å². The summed E-state index contributed by atoms with van der Waals surface area (Å²) >= 11 is 0. The van der Waals surface area contributed by atoms with Gasteiger partial charge in [0.25, 0.3) is 0 Å². The lowest BCUT2D eigenvalue weighted by Gasteiger charge is -1.99. The van der Waals surface area contributed by atoms with Gasteiger partial charge < -0.3 is 4.57 Å². The van der Waals surface area contributed by atoms with Gasteiger partial charge in [-0.25, -0.2) is 9.79 Å². The molecule has 3 nitrogen and oxygen atoms in total. The fourth-order valence-electron chi connectivity index (χ4n) is 2.03. The molecule has 0 amide bonds. The van der Waals surface area contributed by atoms with Crippen LogP contribution in [-0.2, 0) is 18.4 Å². The molecule has 1 aromatic heterocycles. The number of aliphatic imine (C=N–C) groups is 1. The topological polar surface area (TPSA) is 34.4 Å². The van der Waals surface area contributed by atoms with Crippen molar-refractivity contribution < 1.29 is 4.79 Å². The molecule has 0 atom stereocenters. The van der Waals surface area contributed by atoms with Crippen LogP contribution in [0, 0.1) is 13.8 Å². The lowest BCUT2D eigenvalue weighted by atomic mass is 10.1. The Morgan fingerprint density at radius 2 is 2.12 bits per heavy atom. The highest BCUT2D eigenvalue weighted by atomic mass is 16.1. The number of aromatic nitrogens is 1. The first-order chi connectivity index (χ1) is 7.65. The van der Waals surface area contributed by atoms with Gasteiger partial charge in [0, 0.05) is 23.6 Å². The molecule has 1 aromatic carbocycles. The standard InChI is InChI=1S/C13H14N2O/c1-9-10(2)15(3)13-5-4-11(6-12(9)13)7-14-8-16/h4-6H,7H2,1-3H3. The zero-order valence-electron chi connectivity index (χ0n) is 9.74. The molecular weight excluding hydrogens is 200 g/mol. The van der Waals surface area contributed by atoms with Crippen LogP contribution < -0.4 is 0 Å². The third kappa shape index (κ3) is 1.55. The average Bonchev–Trinajstić information content (AvgIpc) is 2.52. The summed E-state index contributed by atoms with van der Waals surface area (Å²) in [6.45, 7) is 4.63. The second-order valence-corrected chi connectivity index (χ2v) is 4.03. The summed E-state index contributed by atoms with van der Waals surface area (Å²) in [6, 6.07) is 6.17. The fourth-order valence-corrected chi connectivity index (χ4v) is 2.03. The van der Waals surface area contributed by atoms with Crippen LogP contribution in [0.15, 0.2) is 23.2 Å². The van der Waals surface area contributed by atoms with E-state index >= 15 is 0 Å². The molecule has 0 spiro atoms. The van der Waals surface area contributed by atoms with Gasteiger partial charge in [-0.1, -0.05) is 6.07 Å². The predicted molar refractivity (Wildman–Crippen MR) is 64.2 cm³/mol. The van der Waals surface area contributed by atoms with Crippen molar-refractivity contribution in [2.45, 2.75) is 20.4 Å². The molecule has 3 heteroatoms. The number of carbonyl (C=O) groups excluding carboxylic acids is 1. The van der Waals surface area contributed by atoms with Crippen molar-refractivity contribution in [1.82, 2.24) is 4.57 Å². The molecule has 0 bridgehead atoms. The van der Waals surface area contributed by atoms with Crippen LogP contribution in [-0.4, -0.2) is 10.6 Å². The molecule has 0 aliphatic heterocycles. The molecule has 1 heterocycles. The quantitative estimate of drug-likeness (QED) is 0.559. The Labute approximate surface area is 94.4 Å². The molecule has 0 aliphatic carbocycles. The molecule has 0 saturated carbocycles. The molecule has 0 unspecified atom stereocenters. The van der Waals surface area contributed by atoms with Crippen molar-refractivity contribution in [2.24, 2.45) is 12.0 Å². The zero-order valence-corrected chi connectivity index (χ0v) is 9.74. The van der Waals surface area contributed by atoms with Gasteiger partial charge >= 0.3 is 0 Å². The normalized spacial score (nSPS) is 10.4. The average molecular weight is 214 g/mol. The van der Waals surface area contributed by atoms with Crippen LogP contribution >= 0.6 is 0 Å². The molecule has 0 aliphatic rings. The van der Waals surface area contributed by atoms with E-state index in [0.717, 1.165) is 5.56 Å². The van der Waals surface area contributed by atoms with E-state index in [1.54, 1.807) is 6.08 Å². The largest absolute Gasteiger partial charge is 0.348 e. The van der Waals surface area contributed by atoms with E-state index in [2.05, 4.69) is 42.6 Å². The molecule has 82 valence electrons. The number of rotatable bonds is 2. The van der Waals surface area contributed by atoms with Crippen molar-refractivity contribution in [3.63, 3.8) is 0 Å². The summed E-state index contributed by atoms with van der Waals surface area (Å²) in [5.74, 6) is 0. The summed E-state index contributed by atoms with van der Waals surface area (Å²) < 4.78 is 2.18. The first-order valence-corrected chi connectivity index (χ1v) is 5.23. The van der Waals surface area contributed by atoms with Crippen LogP contribution in [0.2, 0.25) is 0 Å². The summed E-state index contributed by atoms with van der Waals surface area (Å²) in [5, 5.41) is 1.23. The van der Waals surface area contributed by atoms with Gasteiger partial charge in [0.1, 0.15) is 0 Å². The Bertz CT molecular complexity index is 589. The van der Waals surface area contributed by atoms with E-state index in [9.17, 15) is 4.79 Å². The number of benzene rings is 1. The fraction of sp³-hybridized carbons (Fsp3) is 0.308. The third-order valence-corrected chi connectivity index (χ3v) is 3.20. The maximum Gasteiger partial charge on any atom is 0.235 e. The monoisotopic (exact) mass is 214 g/mol. The Morgan fingerprint density at radius 3 is 2.81 bits per heavy atom. The highest BCUT2D eigenvalue weighted by Crippen LogP contribution is 2.25. The molecule has 16 heavy (non-hydrogen) atoms. The molecule has 0 fully saturated rings. The molecule has 2 rings (SSSR count). The van der Waals surface area contributed by atoms with Crippen LogP contribution in [0.5, 0.6) is 0 Å². The summed E-state index contributed by atoms with van der Waals surface area (Å²) in [5.41, 5.74) is 4.82. The van der Waals surface area contributed by atoms with E-state index in [-0.39, 0.29) is 0 Å². The smallest absolute Gasteiger partial charge is 0.235 e. The maximum atomic E-state index is 10.1. The maximum absolute atomic E-state index is 10.1. The van der Waals surface area contributed by atoms with Gasteiger partial charge in [-0.3, -0.25) is 0 Å². The second kappa shape index (κ2) is 3.95. The summed E-state index contributed by atoms with van der Waals surface area (Å²) in [7, 11) is 2.06. The van der Waals surface area contributed by atoms with Crippen molar-refractivity contribution in [2.75, 3.05) is 0 Å². The highest BCUT2D eigenvalue weighted by molar-refractivity contribution is 5.85. The van der Waals surface area contributed by atoms with Crippen LogP contribution in [0.4, 0.5) is 0 Å². The van der Waals surface area contributed by atoms with E-state index in [1.807, 2.05) is 6.07 Å². The first kappa shape index (κ1) is 10.7. The number of isocyanates is 1. The molecule has 2 aromatic rings. The van der Waals surface area contributed by atoms with Crippen molar-refractivity contribution in [3.8, 4) is 0 Å². The first-order valence-electron chi connectivity index (χ1n) is 5.23. The van der Waals surface area contributed by atoms with Gasteiger partial charge in [-0.2, -0.15) is 0 Å². The molecule has 0 saturated heterocycles. The van der Waals surface area contributed by atoms with E-state index in [0.29, 0.717) is 6.54 Å². The summed E-state index contributed by atoms with van der Waals surface area (Å²) in [4.78, 5) is 13.7. The lowest BCUT2D eigenvalue weighted by molar-refractivity contribution is 0.563. The number of fused-ring (bicyclic) bond motifs is 1. The predicted octanol–water partition coefficient (Wildman–Crippen LogP) is 2.63. The van der Waals surface area contributed by atoms with Crippen LogP contribution in [0.3, 0.4) is 0 Å². The SMILES string of the molecule is Cc1c(C)n(C)c2ccc(CN=C=O)cc12. The molecular formula is C13H14N2O. The molecule has 0 radical (unpaired) electrons. The second-order valence-electron chi connectivity index (χ2n) is 4.03. The Balaban J connectivity index is 2.61. The lowest BCUT2D eigenvalue weighted by Crippen LogP contribution is -1.90. The Hall–Kier alpha value is -1.86. The zero-order chi connectivity index (χ0) is 11.7. The van der Waals surface area contributed by atoms with Gasteiger partial charge in [0.2, 0.25) is 6.08 Å². The van der Waals surface area contributed by atoms with Gasteiger partial charge in [-0.05, 0) is 37.1 Å². The third-order valence-electron chi connectivity index (χ3n) is 3.20. The number of hydrogen-bond donors (Lipinski definition) is 0.